The molecule has 1 spiro atoms. The minimum Gasteiger partial charge on any atom is -0.306 e. The van der Waals surface area contributed by atoms with E-state index in [1.165, 1.54) is 39.0 Å². The zero-order valence-electron chi connectivity index (χ0n) is 9.21. The summed E-state index contributed by atoms with van der Waals surface area (Å²) in [5, 5.41) is 0. The molecule has 0 bridgehead atoms. The molecule has 0 aliphatic carbocycles. The predicted molar refractivity (Wildman–Crippen MR) is 55.8 cm³/mol. The normalized spacial score (nSPS) is 43.2. The molecule has 2 heterocycles. The summed E-state index contributed by atoms with van der Waals surface area (Å²) in [6.07, 6.45) is 2.86. The quantitative estimate of drug-likeness (QED) is 0.557. The van der Waals surface area contributed by atoms with Crippen LogP contribution in [-0.4, -0.2) is 50.1 Å². The number of hydrogen-bond donors (Lipinski definition) is 0. The maximum absolute atomic E-state index is 2.52. The summed E-state index contributed by atoms with van der Waals surface area (Å²) in [5.41, 5.74) is 0.640. The highest BCUT2D eigenvalue weighted by Crippen LogP contribution is 2.39. The first-order chi connectivity index (χ1) is 6.10. The second-order valence-electron chi connectivity index (χ2n) is 5.49. The van der Waals surface area contributed by atoms with Crippen molar-refractivity contribution in [3.8, 4) is 0 Å². The lowest BCUT2D eigenvalue weighted by molar-refractivity contribution is 0.0795. The second-order valence-corrected chi connectivity index (χ2v) is 5.49. The molecular formula is C11H22N2. The van der Waals surface area contributed by atoms with E-state index in [1.54, 1.807) is 0 Å². The highest BCUT2D eigenvalue weighted by atomic mass is 15.2. The van der Waals surface area contributed by atoms with Crippen molar-refractivity contribution in [2.45, 2.75) is 19.8 Å². The second kappa shape index (κ2) is 3.25. The van der Waals surface area contributed by atoms with E-state index in [1.807, 2.05) is 0 Å². The minimum atomic E-state index is 0.640. The summed E-state index contributed by atoms with van der Waals surface area (Å²) in [7, 11) is 4.53. The summed E-state index contributed by atoms with van der Waals surface area (Å²) >= 11 is 0. The number of rotatable bonds is 0. The number of likely N-dealkylation sites (tertiary alicyclic amines) is 2. The molecule has 0 aromatic heterocycles. The fourth-order valence-electron chi connectivity index (χ4n) is 3.49. The third-order valence-corrected chi connectivity index (χ3v) is 3.64. The molecular weight excluding hydrogens is 160 g/mol. The molecule has 0 aromatic carbocycles. The first-order valence-corrected chi connectivity index (χ1v) is 5.47. The van der Waals surface area contributed by atoms with Gasteiger partial charge in [0, 0.05) is 19.6 Å². The topological polar surface area (TPSA) is 6.48 Å². The lowest BCUT2D eigenvalue weighted by atomic mass is 9.75. The van der Waals surface area contributed by atoms with Gasteiger partial charge in [-0.15, -0.1) is 0 Å². The largest absolute Gasteiger partial charge is 0.306 e. The molecule has 0 amide bonds. The van der Waals surface area contributed by atoms with Gasteiger partial charge in [-0.25, -0.2) is 0 Å². The number of hydrogen-bond acceptors (Lipinski definition) is 2. The predicted octanol–water partition coefficient (Wildman–Crippen LogP) is 1.28. The molecule has 2 aliphatic rings. The van der Waals surface area contributed by atoms with Crippen LogP contribution in [0.3, 0.4) is 0 Å². The minimum absolute atomic E-state index is 0.640. The Bertz CT molecular complexity index is 181. The average molecular weight is 182 g/mol. The molecule has 2 aliphatic heterocycles. The van der Waals surface area contributed by atoms with Crippen molar-refractivity contribution >= 4 is 0 Å². The number of nitrogens with zero attached hydrogens (tertiary/aromatic N) is 2. The van der Waals surface area contributed by atoms with Crippen LogP contribution < -0.4 is 0 Å². The lowest BCUT2D eigenvalue weighted by Crippen LogP contribution is -2.45. The monoisotopic (exact) mass is 182 g/mol. The third kappa shape index (κ3) is 1.89. The van der Waals surface area contributed by atoms with Gasteiger partial charge in [0.1, 0.15) is 0 Å². The lowest BCUT2D eigenvalue weighted by Gasteiger charge is -2.42. The summed E-state index contributed by atoms with van der Waals surface area (Å²) in [6, 6.07) is 0. The Morgan fingerprint density at radius 1 is 1.15 bits per heavy atom. The van der Waals surface area contributed by atoms with E-state index in [0.29, 0.717) is 5.41 Å². The van der Waals surface area contributed by atoms with E-state index in [9.17, 15) is 0 Å². The van der Waals surface area contributed by atoms with Gasteiger partial charge in [-0.3, -0.25) is 0 Å². The van der Waals surface area contributed by atoms with Gasteiger partial charge in [-0.2, -0.15) is 0 Å². The molecule has 2 nitrogen and oxygen atoms in total. The smallest absolute Gasteiger partial charge is 0.00479 e. The summed E-state index contributed by atoms with van der Waals surface area (Å²) in [6.45, 7) is 7.64. The molecule has 0 radical (unpaired) electrons. The van der Waals surface area contributed by atoms with Crippen LogP contribution in [0.1, 0.15) is 19.8 Å². The Kier molecular flexibility index (Phi) is 2.37. The Balaban J connectivity index is 2.05. The molecule has 76 valence electrons. The van der Waals surface area contributed by atoms with Crippen molar-refractivity contribution in [2.24, 2.45) is 11.3 Å². The summed E-state index contributed by atoms with van der Waals surface area (Å²) < 4.78 is 0. The van der Waals surface area contributed by atoms with Gasteiger partial charge in [0.2, 0.25) is 0 Å². The molecule has 0 N–H and O–H groups in total. The van der Waals surface area contributed by atoms with Gasteiger partial charge in [0.15, 0.2) is 0 Å². The SMILES string of the molecule is CC1CN(C)CC2(CCN(C)C2)C1. The van der Waals surface area contributed by atoms with Crippen LogP contribution in [0.5, 0.6) is 0 Å². The summed E-state index contributed by atoms with van der Waals surface area (Å²) in [5.74, 6) is 0.894. The molecule has 2 unspecified atom stereocenters. The molecule has 0 saturated carbocycles. The molecule has 2 fully saturated rings. The Morgan fingerprint density at radius 2 is 1.85 bits per heavy atom. The van der Waals surface area contributed by atoms with Crippen LogP contribution in [0.2, 0.25) is 0 Å². The summed E-state index contributed by atoms with van der Waals surface area (Å²) in [4.78, 5) is 5.01. The third-order valence-electron chi connectivity index (χ3n) is 3.64. The van der Waals surface area contributed by atoms with Crippen LogP contribution in [0.25, 0.3) is 0 Å². The highest BCUT2D eigenvalue weighted by Gasteiger charge is 2.41. The van der Waals surface area contributed by atoms with Gasteiger partial charge in [0.05, 0.1) is 0 Å². The Morgan fingerprint density at radius 3 is 2.38 bits per heavy atom. The van der Waals surface area contributed by atoms with Crippen molar-refractivity contribution in [3.05, 3.63) is 0 Å². The average Bonchev–Trinajstić information content (AvgIpc) is 2.28. The van der Waals surface area contributed by atoms with Crippen molar-refractivity contribution < 1.29 is 0 Å². The van der Waals surface area contributed by atoms with Gasteiger partial charge < -0.3 is 9.80 Å². The van der Waals surface area contributed by atoms with E-state index in [-0.39, 0.29) is 0 Å². The van der Waals surface area contributed by atoms with Gasteiger partial charge in [-0.05, 0) is 44.8 Å². The van der Waals surface area contributed by atoms with Gasteiger partial charge >= 0.3 is 0 Å². The Hall–Kier alpha value is -0.0800. The van der Waals surface area contributed by atoms with Crippen molar-refractivity contribution in [1.82, 2.24) is 9.80 Å². The maximum atomic E-state index is 2.52. The number of piperidine rings is 1. The molecule has 13 heavy (non-hydrogen) atoms. The zero-order chi connectivity index (χ0) is 9.47. The van der Waals surface area contributed by atoms with Gasteiger partial charge in [0.25, 0.3) is 0 Å². The van der Waals surface area contributed by atoms with Crippen molar-refractivity contribution in [3.63, 3.8) is 0 Å². The van der Waals surface area contributed by atoms with Crippen LogP contribution in [0.4, 0.5) is 0 Å². The fourth-order valence-corrected chi connectivity index (χ4v) is 3.49. The van der Waals surface area contributed by atoms with Crippen LogP contribution in [0.15, 0.2) is 0 Å². The van der Waals surface area contributed by atoms with E-state index in [2.05, 4.69) is 30.8 Å². The molecule has 2 atom stereocenters. The fraction of sp³-hybridized carbons (Fsp3) is 1.00. The molecule has 0 aromatic rings. The van der Waals surface area contributed by atoms with Crippen LogP contribution in [-0.2, 0) is 0 Å². The van der Waals surface area contributed by atoms with Crippen molar-refractivity contribution in [1.29, 1.82) is 0 Å². The maximum Gasteiger partial charge on any atom is 0.00479 e. The van der Waals surface area contributed by atoms with Gasteiger partial charge in [-0.1, -0.05) is 6.92 Å². The molecule has 2 heteroatoms. The van der Waals surface area contributed by atoms with Crippen LogP contribution >= 0.6 is 0 Å². The molecule has 2 saturated heterocycles. The van der Waals surface area contributed by atoms with E-state index >= 15 is 0 Å². The first-order valence-electron chi connectivity index (χ1n) is 5.47. The van der Waals surface area contributed by atoms with E-state index in [4.69, 9.17) is 0 Å². The van der Waals surface area contributed by atoms with Crippen LogP contribution in [0, 0.1) is 11.3 Å². The molecule has 2 rings (SSSR count). The standard InChI is InChI=1S/C11H22N2/c1-10-6-11(9-13(3)7-10)4-5-12(2)8-11/h10H,4-9H2,1-3H3. The van der Waals surface area contributed by atoms with E-state index < -0.39 is 0 Å². The Labute approximate surface area is 81.9 Å². The zero-order valence-corrected chi connectivity index (χ0v) is 9.21. The van der Waals surface area contributed by atoms with Crippen molar-refractivity contribution in [2.75, 3.05) is 40.3 Å². The van der Waals surface area contributed by atoms with E-state index in [0.717, 1.165) is 5.92 Å². The highest BCUT2D eigenvalue weighted by molar-refractivity contribution is 4.94. The first kappa shape index (κ1) is 9.47.